The first-order valence-corrected chi connectivity index (χ1v) is 3.84. The maximum Gasteiger partial charge on any atom is 0.225 e. The van der Waals surface area contributed by atoms with Crippen LogP contribution in [0.2, 0.25) is 0 Å². The van der Waals surface area contributed by atoms with E-state index in [1.54, 1.807) is 12.4 Å². The minimum atomic E-state index is -0.261. The minimum absolute atomic E-state index is 0.260. The van der Waals surface area contributed by atoms with E-state index in [9.17, 15) is 4.39 Å². The Kier molecular flexibility index (Phi) is 2.31. The van der Waals surface area contributed by atoms with E-state index in [0.717, 1.165) is 0 Å². The molecule has 1 aromatic rings. The van der Waals surface area contributed by atoms with Crippen LogP contribution in [0, 0.1) is 5.82 Å². The first kappa shape index (κ1) is 8.97. The number of rotatable bonds is 1. The molecule has 12 heavy (non-hydrogen) atoms. The van der Waals surface area contributed by atoms with Crippen LogP contribution in [-0.4, -0.2) is 5.60 Å². The van der Waals surface area contributed by atoms with E-state index in [1.165, 1.54) is 16.9 Å². The van der Waals surface area contributed by atoms with Crippen molar-refractivity contribution in [2.45, 2.75) is 26.4 Å². The van der Waals surface area contributed by atoms with Gasteiger partial charge in [-0.2, -0.15) is 0 Å². The van der Waals surface area contributed by atoms with Gasteiger partial charge in [-0.05, 0) is 20.8 Å². The number of hydrogen-bond acceptors (Lipinski definition) is 1. The van der Waals surface area contributed by atoms with Gasteiger partial charge in [-0.1, -0.05) is 0 Å². The highest BCUT2D eigenvalue weighted by Gasteiger charge is 2.17. The van der Waals surface area contributed by atoms with E-state index in [2.05, 4.69) is 0 Å². The number of nitrogens with zero attached hydrogens (tertiary/aromatic N) is 1. The first-order chi connectivity index (χ1) is 5.47. The van der Waals surface area contributed by atoms with Gasteiger partial charge < -0.3 is 0 Å². The Morgan fingerprint density at radius 3 is 2.17 bits per heavy atom. The van der Waals surface area contributed by atoms with Crippen molar-refractivity contribution < 1.29 is 14.0 Å². The third-order valence-corrected chi connectivity index (χ3v) is 1.14. The topological polar surface area (TPSA) is 13.1 Å². The molecule has 0 amide bonds. The second-order valence-corrected chi connectivity index (χ2v) is 3.58. The lowest BCUT2D eigenvalue weighted by Crippen LogP contribution is -2.50. The van der Waals surface area contributed by atoms with E-state index >= 15 is 0 Å². The van der Waals surface area contributed by atoms with Gasteiger partial charge in [0.1, 0.15) is 5.82 Å². The Bertz CT molecular complexity index is 250. The quantitative estimate of drug-likeness (QED) is 0.580. The number of pyridine rings is 1. The van der Waals surface area contributed by atoms with Crippen LogP contribution in [0.4, 0.5) is 4.39 Å². The molecule has 0 fully saturated rings. The molecule has 0 spiro atoms. The summed E-state index contributed by atoms with van der Waals surface area (Å²) in [5.41, 5.74) is -0.261. The summed E-state index contributed by atoms with van der Waals surface area (Å²) >= 11 is 0. The number of hydrogen-bond donors (Lipinski definition) is 0. The second-order valence-electron chi connectivity index (χ2n) is 3.58. The standard InChI is InChI=1S/C9H13FNO/c1-9(2,3)12-11-6-4-8(10)5-7-11/h4-7H,1-3H3/q+1. The summed E-state index contributed by atoms with van der Waals surface area (Å²) in [4.78, 5) is 5.41. The maximum absolute atomic E-state index is 12.5. The Morgan fingerprint density at radius 1 is 1.25 bits per heavy atom. The summed E-state index contributed by atoms with van der Waals surface area (Å²) in [6, 6.07) is 2.71. The van der Waals surface area contributed by atoms with Gasteiger partial charge in [0.2, 0.25) is 12.4 Å². The van der Waals surface area contributed by atoms with Gasteiger partial charge in [-0.3, -0.25) is 4.84 Å². The fraction of sp³-hybridized carbons (Fsp3) is 0.444. The van der Waals surface area contributed by atoms with Crippen molar-refractivity contribution in [3.8, 4) is 0 Å². The third kappa shape index (κ3) is 2.86. The van der Waals surface area contributed by atoms with Gasteiger partial charge in [0.05, 0.1) is 0 Å². The predicted molar refractivity (Wildman–Crippen MR) is 42.9 cm³/mol. The molecule has 0 saturated carbocycles. The molecule has 3 heteroatoms. The second kappa shape index (κ2) is 3.09. The summed E-state index contributed by atoms with van der Waals surface area (Å²) in [6.45, 7) is 5.80. The van der Waals surface area contributed by atoms with Crippen molar-refractivity contribution in [3.63, 3.8) is 0 Å². The van der Waals surface area contributed by atoms with Crippen LogP contribution in [0.3, 0.4) is 0 Å². The Labute approximate surface area is 71.6 Å². The fourth-order valence-corrected chi connectivity index (χ4v) is 0.772. The Hall–Kier alpha value is -1.12. The van der Waals surface area contributed by atoms with Gasteiger partial charge >= 0.3 is 0 Å². The maximum atomic E-state index is 12.5. The molecule has 0 radical (unpaired) electrons. The van der Waals surface area contributed by atoms with E-state index in [0.29, 0.717) is 0 Å². The van der Waals surface area contributed by atoms with Crippen LogP contribution in [0.1, 0.15) is 20.8 Å². The zero-order chi connectivity index (χ0) is 9.19. The summed E-state index contributed by atoms with van der Waals surface area (Å²) in [6.07, 6.45) is 3.08. The highest BCUT2D eigenvalue weighted by Crippen LogP contribution is 1.98. The molecule has 0 atom stereocenters. The van der Waals surface area contributed by atoms with Crippen LogP contribution in [-0.2, 0) is 0 Å². The molecule has 1 rings (SSSR count). The molecule has 0 N–H and O–H groups in total. The summed E-state index contributed by atoms with van der Waals surface area (Å²) in [5.74, 6) is -0.260. The zero-order valence-electron chi connectivity index (χ0n) is 7.54. The van der Waals surface area contributed by atoms with Crippen molar-refractivity contribution in [2.75, 3.05) is 0 Å². The molecule has 0 unspecified atom stereocenters. The Morgan fingerprint density at radius 2 is 1.75 bits per heavy atom. The lowest BCUT2D eigenvalue weighted by molar-refractivity contribution is -0.905. The van der Waals surface area contributed by atoms with Crippen molar-refractivity contribution in [1.82, 2.24) is 0 Å². The highest BCUT2D eigenvalue weighted by atomic mass is 19.1. The largest absolute Gasteiger partial charge is 0.266 e. The van der Waals surface area contributed by atoms with Crippen LogP contribution in [0.5, 0.6) is 0 Å². The molecule has 66 valence electrons. The van der Waals surface area contributed by atoms with Crippen molar-refractivity contribution in [1.29, 1.82) is 0 Å². The molecule has 0 aromatic carbocycles. The zero-order valence-corrected chi connectivity index (χ0v) is 7.54. The predicted octanol–water partition coefficient (Wildman–Crippen LogP) is 1.34. The van der Waals surface area contributed by atoms with Crippen molar-refractivity contribution >= 4 is 0 Å². The molecule has 0 bridgehead atoms. The molecule has 0 saturated heterocycles. The van der Waals surface area contributed by atoms with Gasteiger partial charge in [0.25, 0.3) is 0 Å². The van der Waals surface area contributed by atoms with E-state index in [4.69, 9.17) is 4.84 Å². The van der Waals surface area contributed by atoms with Gasteiger partial charge in [0.15, 0.2) is 5.60 Å². The molecule has 0 aliphatic heterocycles. The molecular formula is C9H13FNO+. The van der Waals surface area contributed by atoms with Crippen LogP contribution in [0.15, 0.2) is 24.5 Å². The average Bonchev–Trinajstić information content (AvgIpc) is 1.91. The monoisotopic (exact) mass is 170 g/mol. The van der Waals surface area contributed by atoms with Crippen LogP contribution in [0.25, 0.3) is 0 Å². The van der Waals surface area contributed by atoms with Crippen LogP contribution >= 0.6 is 0 Å². The highest BCUT2D eigenvalue weighted by molar-refractivity contribution is 4.88. The molecule has 1 heterocycles. The fourth-order valence-electron chi connectivity index (χ4n) is 0.772. The van der Waals surface area contributed by atoms with Crippen molar-refractivity contribution in [3.05, 3.63) is 30.3 Å². The van der Waals surface area contributed by atoms with E-state index < -0.39 is 0 Å². The van der Waals surface area contributed by atoms with Gasteiger partial charge in [-0.25, -0.2) is 4.39 Å². The third-order valence-electron chi connectivity index (χ3n) is 1.14. The molecule has 1 aromatic heterocycles. The minimum Gasteiger partial charge on any atom is -0.266 e. The van der Waals surface area contributed by atoms with E-state index in [-0.39, 0.29) is 11.4 Å². The number of halogens is 1. The SMILES string of the molecule is CC(C)(C)O[n+]1ccc(F)cc1. The molecule has 2 nitrogen and oxygen atoms in total. The summed E-state index contributed by atoms with van der Waals surface area (Å²) < 4.78 is 13.9. The lowest BCUT2D eigenvalue weighted by Gasteiger charge is -2.12. The molecular weight excluding hydrogens is 157 g/mol. The van der Waals surface area contributed by atoms with E-state index in [1.807, 2.05) is 20.8 Å². The van der Waals surface area contributed by atoms with Crippen LogP contribution < -0.4 is 9.57 Å². The van der Waals surface area contributed by atoms with Gasteiger partial charge in [-0.15, -0.1) is 0 Å². The molecule has 0 aliphatic rings. The smallest absolute Gasteiger partial charge is 0.225 e. The Balaban J connectivity index is 2.71. The lowest BCUT2D eigenvalue weighted by atomic mass is 10.2. The van der Waals surface area contributed by atoms with Crippen molar-refractivity contribution in [2.24, 2.45) is 0 Å². The summed E-state index contributed by atoms with van der Waals surface area (Å²) in [5, 5.41) is 0. The van der Waals surface area contributed by atoms with Gasteiger partial charge in [0, 0.05) is 16.9 Å². The summed E-state index contributed by atoms with van der Waals surface area (Å²) in [7, 11) is 0. The normalized spacial score (nSPS) is 11.3. The number of aromatic nitrogens is 1. The average molecular weight is 170 g/mol. The first-order valence-electron chi connectivity index (χ1n) is 3.84. The molecule has 0 aliphatic carbocycles.